The molecule has 2 amide bonds. The van der Waals surface area contributed by atoms with E-state index < -0.39 is 5.91 Å². The van der Waals surface area contributed by atoms with E-state index in [1.807, 2.05) is 24.3 Å². The summed E-state index contributed by atoms with van der Waals surface area (Å²) >= 11 is 0. The minimum atomic E-state index is -0.446. The number of rotatable bonds is 7. The van der Waals surface area contributed by atoms with Crippen molar-refractivity contribution < 1.29 is 9.59 Å². The Labute approximate surface area is 169 Å². The van der Waals surface area contributed by atoms with Crippen LogP contribution in [0.5, 0.6) is 0 Å². The van der Waals surface area contributed by atoms with Crippen molar-refractivity contribution in [1.82, 2.24) is 10.3 Å². The Morgan fingerprint density at radius 1 is 0.966 bits per heavy atom. The highest BCUT2D eigenvalue weighted by atomic mass is 16.2. The lowest BCUT2D eigenvalue weighted by Crippen LogP contribution is -2.25. The minimum absolute atomic E-state index is 0.129. The molecule has 0 aliphatic heterocycles. The Morgan fingerprint density at radius 2 is 1.79 bits per heavy atom. The van der Waals surface area contributed by atoms with Gasteiger partial charge in [-0.1, -0.05) is 36.4 Å². The molecule has 0 bridgehead atoms. The molecule has 0 fully saturated rings. The molecule has 0 saturated carbocycles. The van der Waals surface area contributed by atoms with E-state index in [-0.39, 0.29) is 11.6 Å². The largest absolute Gasteiger partial charge is 0.352 e. The summed E-state index contributed by atoms with van der Waals surface area (Å²) in [7, 11) is 0. The summed E-state index contributed by atoms with van der Waals surface area (Å²) in [5, 5.41) is 14.5. The molecule has 0 radical (unpaired) electrons. The van der Waals surface area contributed by atoms with Gasteiger partial charge < -0.3 is 10.6 Å². The normalized spacial score (nSPS) is 10.0. The molecular formula is C23H20N4O2. The average molecular weight is 384 g/mol. The Balaban J connectivity index is 1.55. The summed E-state index contributed by atoms with van der Waals surface area (Å²) in [4.78, 5) is 28.8. The molecule has 0 saturated heterocycles. The summed E-state index contributed by atoms with van der Waals surface area (Å²) in [6.07, 6.45) is 3.13. The molecule has 0 spiro atoms. The van der Waals surface area contributed by atoms with Gasteiger partial charge >= 0.3 is 0 Å². The van der Waals surface area contributed by atoms with Crippen molar-refractivity contribution in [2.75, 3.05) is 11.9 Å². The lowest BCUT2D eigenvalue weighted by atomic mass is 10.1. The fraction of sp³-hybridized carbons (Fsp3) is 0.130. The van der Waals surface area contributed by atoms with Crippen LogP contribution in [-0.2, 0) is 6.42 Å². The third kappa shape index (κ3) is 5.75. The lowest BCUT2D eigenvalue weighted by molar-refractivity contribution is 0.0953. The molecule has 2 N–H and O–H groups in total. The highest BCUT2D eigenvalue weighted by Gasteiger charge is 2.12. The number of hydrogen-bond donors (Lipinski definition) is 2. The van der Waals surface area contributed by atoms with Crippen molar-refractivity contribution in [3.8, 4) is 6.07 Å². The van der Waals surface area contributed by atoms with Gasteiger partial charge in [-0.05, 0) is 48.7 Å². The summed E-state index contributed by atoms with van der Waals surface area (Å²) in [5.74, 6) is -0.695. The van der Waals surface area contributed by atoms with E-state index >= 15 is 0 Å². The van der Waals surface area contributed by atoms with E-state index in [4.69, 9.17) is 5.26 Å². The second-order valence-electron chi connectivity index (χ2n) is 6.42. The first-order chi connectivity index (χ1) is 14.2. The fourth-order valence-electron chi connectivity index (χ4n) is 2.80. The number of aryl methyl sites for hydroxylation is 1. The molecule has 3 aromatic rings. The number of nitrogens with zero attached hydrogens (tertiary/aromatic N) is 2. The molecule has 6 nitrogen and oxygen atoms in total. The Morgan fingerprint density at radius 3 is 2.59 bits per heavy atom. The predicted molar refractivity (Wildman–Crippen MR) is 110 cm³/mol. The van der Waals surface area contributed by atoms with Gasteiger partial charge in [0.1, 0.15) is 5.69 Å². The highest BCUT2D eigenvalue weighted by Crippen LogP contribution is 2.12. The molecule has 1 heterocycles. The summed E-state index contributed by atoms with van der Waals surface area (Å²) in [6, 6.07) is 21.7. The maximum absolute atomic E-state index is 12.4. The molecule has 0 aliphatic carbocycles. The van der Waals surface area contributed by atoms with Gasteiger partial charge in [-0.3, -0.25) is 14.6 Å². The fourth-order valence-corrected chi connectivity index (χ4v) is 2.80. The first-order valence-electron chi connectivity index (χ1n) is 9.25. The van der Waals surface area contributed by atoms with E-state index in [0.717, 1.165) is 12.8 Å². The predicted octanol–water partition coefficient (Wildman–Crippen LogP) is 3.57. The quantitative estimate of drug-likeness (QED) is 0.609. The number of benzene rings is 2. The number of nitrogens with one attached hydrogen (secondary N) is 2. The Bertz CT molecular complexity index is 1040. The van der Waals surface area contributed by atoms with Crippen LogP contribution in [0.2, 0.25) is 0 Å². The van der Waals surface area contributed by atoms with Gasteiger partial charge in [0.15, 0.2) is 0 Å². The number of amides is 2. The second kappa shape index (κ2) is 9.81. The zero-order chi connectivity index (χ0) is 20.5. The number of pyridine rings is 1. The van der Waals surface area contributed by atoms with E-state index in [1.54, 1.807) is 30.3 Å². The molecule has 144 valence electrons. The number of nitriles is 1. The van der Waals surface area contributed by atoms with Crippen LogP contribution in [0.4, 0.5) is 5.69 Å². The number of carbonyl (C=O) groups is 2. The molecule has 1 aromatic heterocycles. The average Bonchev–Trinajstić information content (AvgIpc) is 2.77. The summed E-state index contributed by atoms with van der Waals surface area (Å²) in [5.41, 5.74) is 2.66. The van der Waals surface area contributed by atoms with Gasteiger partial charge in [0.05, 0.1) is 11.6 Å². The monoisotopic (exact) mass is 384 g/mol. The molecule has 29 heavy (non-hydrogen) atoms. The van der Waals surface area contributed by atoms with Crippen LogP contribution in [0.15, 0.2) is 72.9 Å². The van der Waals surface area contributed by atoms with Gasteiger partial charge in [-0.2, -0.15) is 5.26 Å². The first-order valence-corrected chi connectivity index (χ1v) is 9.25. The van der Waals surface area contributed by atoms with E-state index in [9.17, 15) is 9.59 Å². The van der Waals surface area contributed by atoms with Crippen molar-refractivity contribution in [1.29, 1.82) is 5.26 Å². The second-order valence-corrected chi connectivity index (χ2v) is 6.42. The zero-order valence-corrected chi connectivity index (χ0v) is 15.8. The number of hydrogen-bond acceptors (Lipinski definition) is 4. The maximum Gasteiger partial charge on any atom is 0.274 e. The van der Waals surface area contributed by atoms with E-state index in [1.165, 1.54) is 17.8 Å². The van der Waals surface area contributed by atoms with Crippen LogP contribution in [0, 0.1) is 11.3 Å². The van der Waals surface area contributed by atoms with Crippen LogP contribution >= 0.6 is 0 Å². The van der Waals surface area contributed by atoms with Crippen LogP contribution in [0.3, 0.4) is 0 Å². The van der Waals surface area contributed by atoms with Crippen LogP contribution in [0.1, 0.15) is 38.4 Å². The molecule has 3 rings (SSSR count). The maximum atomic E-state index is 12.4. The van der Waals surface area contributed by atoms with E-state index in [2.05, 4.69) is 27.8 Å². The molecule has 6 heteroatoms. The third-order valence-corrected chi connectivity index (χ3v) is 4.27. The molecule has 0 unspecified atom stereocenters. The minimum Gasteiger partial charge on any atom is -0.352 e. The van der Waals surface area contributed by atoms with Crippen molar-refractivity contribution in [2.45, 2.75) is 12.8 Å². The van der Waals surface area contributed by atoms with Gasteiger partial charge in [-0.15, -0.1) is 0 Å². The number of carbonyl (C=O) groups excluding carboxylic acids is 2. The topological polar surface area (TPSA) is 94.9 Å². The lowest BCUT2D eigenvalue weighted by Gasteiger charge is -2.08. The van der Waals surface area contributed by atoms with Crippen molar-refractivity contribution in [2.24, 2.45) is 0 Å². The molecule has 0 atom stereocenters. The third-order valence-electron chi connectivity index (χ3n) is 4.27. The van der Waals surface area contributed by atoms with Crippen LogP contribution < -0.4 is 10.6 Å². The van der Waals surface area contributed by atoms with E-state index in [0.29, 0.717) is 23.4 Å². The highest BCUT2D eigenvalue weighted by molar-refractivity contribution is 6.04. The molecule has 2 aromatic carbocycles. The van der Waals surface area contributed by atoms with Gasteiger partial charge in [0.2, 0.25) is 0 Å². The number of anilines is 1. The van der Waals surface area contributed by atoms with Crippen molar-refractivity contribution >= 4 is 17.5 Å². The standard InChI is InChI=1S/C23H20N4O2/c24-16-18-8-4-10-20(14-18)27-23(29)21-15-19(11-13-25-21)22(28)26-12-5-9-17-6-2-1-3-7-17/h1-4,6-8,10-11,13-15H,5,9,12H2,(H,26,28)(H,27,29). The number of aromatic nitrogens is 1. The zero-order valence-electron chi connectivity index (χ0n) is 15.8. The van der Waals surface area contributed by atoms with Gasteiger partial charge in [0.25, 0.3) is 11.8 Å². The smallest absolute Gasteiger partial charge is 0.274 e. The summed E-state index contributed by atoms with van der Waals surface area (Å²) in [6.45, 7) is 0.540. The summed E-state index contributed by atoms with van der Waals surface area (Å²) < 4.78 is 0. The molecular weight excluding hydrogens is 364 g/mol. The SMILES string of the molecule is N#Cc1cccc(NC(=O)c2cc(C(=O)NCCCc3ccccc3)ccn2)c1. The molecule has 0 aliphatic rings. The van der Waals surface area contributed by atoms with Gasteiger partial charge in [-0.25, -0.2) is 0 Å². The van der Waals surface area contributed by atoms with Crippen molar-refractivity contribution in [3.63, 3.8) is 0 Å². The Kier molecular flexibility index (Phi) is 6.69. The first kappa shape index (κ1) is 19.8. The van der Waals surface area contributed by atoms with Crippen molar-refractivity contribution in [3.05, 3.63) is 95.3 Å². The van der Waals surface area contributed by atoms with Gasteiger partial charge in [0, 0.05) is 24.0 Å². The Hall–Kier alpha value is -3.98. The van der Waals surface area contributed by atoms with Crippen LogP contribution in [-0.4, -0.2) is 23.3 Å². The van der Waals surface area contributed by atoms with Crippen LogP contribution in [0.25, 0.3) is 0 Å².